The number of rotatable bonds is 3. The maximum Gasteiger partial charge on any atom is 0.292 e. The van der Waals surface area contributed by atoms with Gasteiger partial charge in [0.25, 0.3) is 11.7 Å². The zero-order valence-electron chi connectivity index (χ0n) is 14.4. The van der Waals surface area contributed by atoms with Crippen molar-refractivity contribution < 1.29 is 9.32 Å². The Balaban J connectivity index is 1.65. The monoisotopic (exact) mass is 341 g/mol. The van der Waals surface area contributed by atoms with Gasteiger partial charge in [0.2, 0.25) is 11.7 Å². The number of aromatic nitrogens is 6. The Labute approximate surface area is 144 Å². The number of likely N-dealkylation sites (tertiary alicyclic amines) is 1. The van der Waals surface area contributed by atoms with Gasteiger partial charge in [-0.2, -0.15) is 4.98 Å². The summed E-state index contributed by atoms with van der Waals surface area (Å²) in [5.74, 6) is 1.78. The van der Waals surface area contributed by atoms with E-state index in [1.54, 1.807) is 15.5 Å². The van der Waals surface area contributed by atoms with Gasteiger partial charge in [-0.1, -0.05) is 19.0 Å². The van der Waals surface area contributed by atoms with E-state index >= 15 is 0 Å². The standard InChI is InChI=1S/C16H19N7O2/c1-9(2)12-18-14(25-21-12)11-5-4-7-22(11)15(24)13-19-20-16-17-10(3)6-8-23(13)16/h6,8-9,11H,4-5,7H2,1-3H3/t11-/m0/s1. The van der Waals surface area contributed by atoms with E-state index in [2.05, 4.69) is 25.3 Å². The van der Waals surface area contributed by atoms with Crippen LogP contribution in [0.3, 0.4) is 0 Å². The number of carbonyl (C=O) groups excluding carboxylic acids is 1. The minimum Gasteiger partial charge on any atom is -0.337 e. The number of nitrogens with zero attached hydrogens (tertiary/aromatic N) is 7. The summed E-state index contributed by atoms with van der Waals surface area (Å²) >= 11 is 0. The molecule has 4 rings (SSSR count). The van der Waals surface area contributed by atoms with Crippen LogP contribution in [0.2, 0.25) is 0 Å². The van der Waals surface area contributed by atoms with E-state index in [-0.39, 0.29) is 23.7 Å². The van der Waals surface area contributed by atoms with Crippen LogP contribution in [0, 0.1) is 6.92 Å². The van der Waals surface area contributed by atoms with Crippen molar-refractivity contribution in [2.45, 2.75) is 45.6 Å². The van der Waals surface area contributed by atoms with Gasteiger partial charge < -0.3 is 9.42 Å². The van der Waals surface area contributed by atoms with Crippen molar-refractivity contribution in [3.63, 3.8) is 0 Å². The number of hydrogen-bond donors (Lipinski definition) is 0. The van der Waals surface area contributed by atoms with Crippen molar-refractivity contribution >= 4 is 11.7 Å². The van der Waals surface area contributed by atoms with Crippen molar-refractivity contribution in [1.29, 1.82) is 0 Å². The highest BCUT2D eigenvalue weighted by atomic mass is 16.5. The highest BCUT2D eigenvalue weighted by Gasteiger charge is 2.36. The van der Waals surface area contributed by atoms with Crippen LogP contribution in [-0.2, 0) is 0 Å². The minimum absolute atomic E-state index is 0.179. The fourth-order valence-electron chi connectivity index (χ4n) is 3.03. The van der Waals surface area contributed by atoms with Crippen LogP contribution in [0.5, 0.6) is 0 Å². The van der Waals surface area contributed by atoms with E-state index in [4.69, 9.17) is 4.52 Å². The lowest BCUT2D eigenvalue weighted by atomic mass is 10.2. The minimum atomic E-state index is -0.224. The average molecular weight is 341 g/mol. The molecule has 9 heteroatoms. The van der Waals surface area contributed by atoms with Crippen LogP contribution in [-0.4, -0.2) is 47.1 Å². The molecule has 0 bridgehead atoms. The molecule has 0 N–H and O–H groups in total. The second-order valence-corrected chi connectivity index (χ2v) is 6.56. The molecule has 0 radical (unpaired) electrons. The van der Waals surface area contributed by atoms with Gasteiger partial charge in [-0.25, -0.2) is 4.98 Å². The van der Waals surface area contributed by atoms with Crippen LogP contribution < -0.4 is 0 Å². The molecule has 1 aliphatic rings. The molecule has 0 spiro atoms. The van der Waals surface area contributed by atoms with Crippen molar-refractivity contribution in [2.75, 3.05) is 6.54 Å². The van der Waals surface area contributed by atoms with Gasteiger partial charge in [-0.15, -0.1) is 10.2 Å². The van der Waals surface area contributed by atoms with Crippen molar-refractivity contribution in [2.24, 2.45) is 0 Å². The largest absolute Gasteiger partial charge is 0.337 e. The lowest BCUT2D eigenvalue weighted by Gasteiger charge is -2.20. The normalized spacial score (nSPS) is 17.8. The number of fused-ring (bicyclic) bond motifs is 1. The third kappa shape index (κ3) is 2.65. The molecule has 0 unspecified atom stereocenters. The molecule has 1 amide bonds. The maximum atomic E-state index is 13.0. The van der Waals surface area contributed by atoms with Gasteiger partial charge >= 0.3 is 0 Å². The molecular formula is C16H19N7O2. The smallest absolute Gasteiger partial charge is 0.292 e. The molecule has 3 aromatic rings. The third-order valence-electron chi connectivity index (χ3n) is 4.38. The predicted molar refractivity (Wildman–Crippen MR) is 86.9 cm³/mol. The Kier molecular flexibility index (Phi) is 3.70. The molecule has 1 saturated heterocycles. The Morgan fingerprint density at radius 3 is 2.92 bits per heavy atom. The molecule has 1 atom stereocenters. The molecule has 0 aromatic carbocycles. The number of amides is 1. The van der Waals surface area contributed by atoms with E-state index in [0.717, 1.165) is 18.5 Å². The molecule has 130 valence electrons. The van der Waals surface area contributed by atoms with Gasteiger partial charge in [0.05, 0.1) is 0 Å². The predicted octanol–water partition coefficient (Wildman–Crippen LogP) is 1.92. The first-order chi connectivity index (χ1) is 12.0. The van der Waals surface area contributed by atoms with Gasteiger partial charge in [-0.05, 0) is 25.8 Å². The van der Waals surface area contributed by atoms with Crippen LogP contribution in [0.1, 0.15) is 66.7 Å². The Bertz CT molecular complexity index is 930. The Morgan fingerprint density at radius 1 is 1.32 bits per heavy atom. The van der Waals surface area contributed by atoms with Crippen molar-refractivity contribution in [3.8, 4) is 0 Å². The summed E-state index contributed by atoms with van der Waals surface area (Å²) in [6, 6.07) is 1.60. The fourth-order valence-corrected chi connectivity index (χ4v) is 3.03. The quantitative estimate of drug-likeness (QED) is 0.717. The number of hydrogen-bond acceptors (Lipinski definition) is 7. The van der Waals surface area contributed by atoms with Crippen LogP contribution in [0.4, 0.5) is 0 Å². The Morgan fingerprint density at radius 2 is 2.16 bits per heavy atom. The van der Waals surface area contributed by atoms with Gasteiger partial charge in [0.1, 0.15) is 6.04 Å². The molecule has 3 aromatic heterocycles. The van der Waals surface area contributed by atoms with Crippen molar-refractivity contribution in [1.82, 2.24) is 34.6 Å². The summed E-state index contributed by atoms with van der Waals surface area (Å²) in [7, 11) is 0. The van der Waals surface area contributed by atoms with Crippen molar-refractivity contribution in [3.05, 3.63) is 35.5 Å². The summed E-state index contributed by atoms with van der Waals surface area (Å²) < 4.78 is 7.01. The van der Waals surface area contributed by atoms with E-state index in [1.165, 1.54) is 0 Å². The van der Waals surface area contributed by atoms with Crippen LogP contribution in [0.25, 0.3) is 5.78 Å². The van der Waals surface area contributed by atoms with Crippen LogP contribution >= 0.6 is 0 Å². The summed E-state index contributed by atoms with van der Waals surface area (Å²) in [5, 5.41) is 12.0. The summed E-state index contributed by atoms with van der Waals surface area (Å²) in [4.78, 5) is 23.5. The van der Waals surface area contributed by atoms with E-state index in [0.29, 0.717) is 24.0 Å². The van der Waals surface area contributed by atoms with Crippen LogP contribution in [0.15, 0.2) is 16.8 Å². The van der Waals surface area contributed by atoms with E-state index in [1.807, 2.05) is 26.8 Å². The molecule has 4 heterocycles. The molecular weight excluding hydrogens is 322 g/mol. The van der Waals surface area contributed by atoms with E-state index in [9.17, 15) is 4.79 Å². The molecule has 1 fully saturated rings. The zero-order chi connectivity index (χ0) is 17.6. The summed E-state index contributed by atoms with van der Waals surface area (Å²) in [5.41, 5.74) is 0.824. The summed E-state index contributed by atoms with van der Waals surface area (Å²) in [6.07, 6.45) is 3.43. The maximum absolute atomic E-state index is 13.0. The lowest BCUT2D eigenvalue weighted by molar-refractivity contribution is 0.0696. The third-order valence-corrected chi connectivity index (χ3v) is 4.38. The van der Waals surface area contributed by atoms with Gasteiger partial charge in [0, 0.05) is 24.4 Å². The zero-order valence-corrected chi connectivity index (χ0v) is 14.4. The number of carbonyl (C=O) groups is 1. The highest BCUT2D eigenvalue weighted by Crippen LogP contribution is 2.32. The molecule has 0 saturated carbocycles. The Hall–Kier alpha value is -2.84. The highest BCUT2D eigenvalue weighted by molar-refractivity contribution is 5.91. The molecule has 1 aliphatic heterocycles. The molecule has 25 heavy (non-hydrogen) atoms. The second-order valence-electron chi connectivity index (χ2n) is 6.56. The van der Waals surface area contributed by atoms with Gasteiger partial charge in [0.15, 0.2) is 5.82 Å². The topological polar surface area (TPSA) is 102 Å². The second kappa shape index (κ2) is 5.91. The lowest BCUT2D eigenvalue weighted by Crippen LogP contribution is -2.32. The summed E-state index contributed by atoms with van der Waals surface area (Å²) in [6.45, 7) is 6.50. The van der Waals surface area contributed by atoms with Gasteiger partial charge in [-0.3, -0.25) is 9.20 Å². The first-order valence-electron chi connectivity index (χ1n) is 8.37. The molecule has 9 nitrogen and oxygen atoms in total. The first-order valence-corrected chi connectivity index (χ1v) is 8.37. The SMILES string of the molecule is Cc1ccn2c(C(=O)N3CCC[C@H]3c3nc(C(C)C)no3)nnc2n1. The first kappa shape index (κ1) is 15.7. The van der Waals surface area contributed by atoms with E-state index < -0.39 is 0 Å². The average Bonchev–Trinajstić information content (AvgIpc) is 3.31. The number of aryl methyl sites for hydroxylation is 1. The molecule has 0 aliphatic carbocycles. The fraction of sp³-hybridized carbons (Fsp3) is 0.500.